The highest BCUT2D eigenvalue weighted by Crippen LogP contribution is 2.28. The first-order valence-corrected chi connectivity index (χ1v) is 8.40. The molecule has 2 N–H and O–H groups in total. The molecule has 2 unspecified atom stereocenters. The van der Waals surface area contributed by atoms with Gasteiger partial charge in [0, 0.05) is 12.6 Å². The van der Waals surface area contributed by atoms with Crippen molar-refractivity contribution in [1.29, 1.82) is 0 Å². The lowest BCUT2D eigenvalue weighted by Crippen LogP contribution is -2.45. The van der Waals surface area contributed by atoms with Gasteiger partial charge in [0.1, 0.15) is 5.01 Å². The van der Waals surface area contributed by atoms with Crippen LogP contribution in [0.2, 0.25) is 0 Å². The van der Waals surface area contributed by atoms with Crippen molar-refractivity contribution < 1.29 is 0 Å². The van der Waals surface area contributed by atoms with Crippen LogP contribution in [-0.4, -0.2) is 29.0 Å². The molecule has 0 aliphatic carbocycles. The second-order valence-corrected chi connectivity index (χ2v) is 6.85. The zero-order valence-electron chi connectivity index (χ0n) is 12.1. The number of likely N-dealkylation sites (tertiary alicyclic amines) is 1. The summed E-state index contributed by atoms with van der Waals surface area (Å²) in [5.41, 5.74) is 7.11. The number of nitrogens with two attached hydrogens (primary N) is 1. The lowest BCUT2D eigenvalue weighted by Gasteiger charge is -2.38. The normalized spacial score (nSPS) is 24.3. The van der Waals surface area contributed by atoms with Crippen molar-refractivity contribution in [2.75, 3.05) is 13.1 Å². The average Bonchev–Trinajstić information content (AvgIpc) is 2.90. The molecule has 2 aromatic rings. The predicted molar refractivity (Wildman–Crippen MR) is 85.9 cm³/mol. The van der Waals surface area contributed by atoms with Crippen molar-refractivity contribution in [3.63, 3.8) is 0 Å². The van der Waals surface area contributed by atoms with E-state index in [1.54, 1.807) is 0 Å². The van der Waals surface area contributed by atoms with E-state index in [4.69, 9.17) is 10.7 Å². The van der Waals surface area contributed by atoms with E-state index in [-0.39, 0.29) is 0 Å². The van der Waals surface area contributed by atoms with Crippen LogP contribution in [0.15, 0.2) is 24.3 Å². The first-order chi connectivity index (χ1) is 9.80. The van der Waals surface area contributed by atoms with Crippen LogP contribution in [0, 0.1) is 5.92 Å². The highest BCUT2D eigenvalue weighted by molar-refractivity contribution is 7.18. The molecule has 3 rings (SSSR count). The molecule has 20 heavy (non-hydrogen) atoms. The Morgan fingerprint density at radius 1 is 1.40 bits per heavy atom. The van der Waals surface area contributed by atoms with Crippen molar-refractivity contribution in [2.45, 2.75) is 38.8 Å². The van der Waals surface area contributed by atoms with Crippen LogP contribution in [0.5, 0.6) is 0 Å². The quantitative estimate of drug-likeness (QED) is 0.939. The minimum absolute atomic E-state index is 0.528. The molecule has 0 amide bonds. The van der Waals surface area contributed by atoms with Crippen LogP contribution in [0.3, 0.4) is 0 Å². The summed E-state index contributed by atoms with van der Waals surface area (Å²) in [4.78, 5) is 7.28. The van der Waals surface area contributed by atoms with Crippen LogP contribution >= 0.6 is 11.3 Å². The molecule has 108 valence electrons. The largest absolute Gasteiger partial charge is 0.329 e. The van der Waals surface area contributed by atoms with E-state index in [2.05, 4.69) is 36.1 Å². The summed E-state index contributed by atoms with van der Waals surface area (Å²) in [6.07, 6.45) is 3.83. The Hall–Kier alpha value is -0.970. The van der Waals surface area contributed by atoms with Gasteiger partial charge < -0.3 is 5.73 Å². The second kappa shape index (κ2) is 6.20. The molecule has 2 heterocycles. The number of nitrogens with zero attached hydrogens (tertiary/aromatic N) is 2. The first-order valence-electron chi connectivity index (χ1n) is 7.58. The maximum atomic E-state index is 5.98. The molecule has 1 aliphatic heterocycles. The van der Waals surface area contributed by atoms with E-state index >= 15 is 0 Å². The standard InChI is InChI=1S/C16H23N3S/c1-2-12-7-8-19(13(9-12)10-17)11-16-18-14-5-3-4-6-15(14)20-16/h3-6,12-13H,2,7-11,17H2,1H3. The van der Waals surface area contributed by atoms with Crippen molar-refractivity contribution in [1.82, 2.24) is 9.88 Å². The van der Waals surface area contributed by atoms with Crippen molar-refractivity contribution in [3.8, 4) is 0 Å². The van der Waals surface area contributed by atoms with E-state index in [0.717, 1.165) is 31.1 Å². The van der Waals surface area contributed by atoms with Crippen molar-refractivity contribution in [2.24, 2.45) is 11.7 Å². The van der Waals surface area contributed by atoms with Gasteiger partial charge in [-0.05, 0) is 37.4 Å². The zero-order chi connectivity index (χ0) is 13.9. The Morgan fingerprint density at radius 2 is 2.25 bits per heavy atom. The fourth-order valence-corrected chi connectivity index (χ4v) is 4.16. The van der Waals surface area contributed by atoms with Gasteiger partial charge in [0.15, 0.2) is 0 Å². The predicted octanol–water partition coefficient (Wildman–Crippen LogP) is 3.25. The second-order valence-electron chi connectivity index (χ2n) is 5.73. The fourth-order valence-electron chi connectivity index (χ4n) is 3.17. The maximum Gasteiger partial charge on any atom is 0.108 e. The van der Waals surface area contributed by atoms with Gasteiger partial charge in [0.2, 0.25) is 0 Å². The lowest BCUT2D eigenvalue weighted by atomic mass is 9.89. The zero-order valence-corrected chi connectivity index (χ0v) is 12.9. The molecule has 1 saturated heterocycles. The number of rotatable bonds is 4. The number of fused-ring (bicyclic) bond motifs is 1. The van der Waals surface area contributed by atoms with Gasteiger partial charge in [-0.2, -0.15) is 0 Å². The number of benzene rings is 1. The fraction of sp³-hybridized carbons (Fsp3) is 0.562. The Morgan fingerprint density at radius 3 is 3.00 bits per heavy atom. The third kappa shape index (κ3) is 2.87. The number of para-hydroxylation sites is 1. The first kappa shape index (κ1) is 14.0. The summed E-state index contributed by atoms with van der Waals surface area (Å²) in [7, 11) is 0. The smallest absolute Gasteiger partial charge is 0.108 e. The molecule has 2 atom stereocenters. The highest BCUT2D eigenvalue weighted by atomic mass is 32.1. The summed E-state index contributed by atoms with van der Waals surface area (Å²) in [6, 6.07) is 8.92. The average molecular weight is 289 g/mol. The molecular formula is C16H23N3S. The van der Waals surface area contributed by atoms with Gasteiger partial charge in [0.05, 0.1) is 16.8 Å². The van der Waals surface area contributed by atoms with E-state index < -0.39 is 0 Å². The summed E-state index contributed by atoms with van der Waals surface area (Å²) in [5.74, 6) is 0.857. The summed E-state index contributed by atoms with van der Waals surface area (Å²) >= 11 is 1.82. The molecule has 0 spiro atoms. The van der Waals surface area contributed by atoms with E-state index in [0.29, 0.717) is 6.04 Å². The van der Waals surface area contributed by atoms with Gasteiger partial charge in [-0.3, -0.25) is 4.90 Å². The van der Waals surface area contributed by atoms with Crippen LogP contribution in [-0.2, 0) is 6.54 Å². The monoisotopic (exact) mass is 289 g/mol. The third-order valence-corrected chi connectivity index (χ3v) is 5.49. The topological polar surface area (TPSA) is 42.2 Å². The highest BCUT2D eigenvalue weighted by Gasteiger charge is 2.27. The minimum Gasteiger partial charge on any atom is -0.329 e. The molecule has 4 heteroatoms. The third-order valence-electron chi connectivity index (χ3n) is 4.47. The van der Waals surface area contributed by atoms with Gasteiger partial charge in [0.25, 0.3) is 0 Å². The van der Waals surface area contributed by atoms with E-state index in [1.165, 1.54) is 29.0 Å². The van der Waals surface area contributed by atoms with E-state index in [1.807, 2.05) is 11.3 Å². The number of hydrogen-bond donors (Lipinski definition) is 1. The van der Waals surface area contributed by atoms with Crippen molar-refractivity contribution in [3.05, 3.63) is 29.3 Å². The van der Waals surface area contributed by atoms with Gasteiger partial charge in [-0.15, -0.1) is 11.3 Å². The Labute approximate surface area is 124 Å². The molecular weight excluding hydrogens is 266 g/mol. The number of aromatic nitrogens is 1. The Bertz CT molecular complexity index is 533. The van der Waals surface area contributed by atoms with Gasteiger partial charge in [-0.25, -0.2) is 4.98 Å². The molecule has 1 fully saturated rings. The van der Waals surface area contributed by atoms with Crippen LogP contribution in [0.1, 0.15) is 31.2 Å². The Balaban J connectivity index is 1.73. The summed E-state index contributed by atoms with van der Waals surface area (Å²) in [5, 5.41) is 1.22. The minimum atomic E-state index is 0.528. The lowest BCUT2D eigenvalue weighted by molar-refractivity contribution is 0.107. The molecule has 0 saturated carbocycles. The SMILES string of the molecule is CCC1CCN(Cc2nc3ccccc3s2)C(CN)C1. The molecule has 1 aromatic heterocycles. The van der Waals surface area contributed by atoms with E-state index in [9.17, 15) is 0 Å². The number of piperidine rings is 1. The Kier molecular flexibility index (Phi) is 4.34. The summed E-state index contributed by atoms with van der Waals surface area (Å²) < 4.78 is 1.29. The van der Waals surface area contributed by atoms with Crippen LogP contribution in [0.25, 0.3) is 10.2 Å². The van der Waals surface area contributed by atoms with Crippen LogP contribution in [0.4, 0.5) is 0 Å². The molecule has 0 radical (unpaired) electrons. The molecule has 1 aliphatic rings. The maximum absolute atomic E-state index is 5.98. The number of hydrogen-bond acceptors (Lipinski definition) is 4. The van der Waals surface area contributed by atoms with Gasteiger partial charge >= 0.3 is 0 Å². The number of thiazole rings is 1. The molecule has 3 nitrogen and oxygen atoms in total. The summed E-state index contributed by atoms with van der Waals surface area (Å²) in [6.45, 7) is 5.18. The van der Waals surface area contributed by atoms with Crippen molar-refractivity contribution >= 4 is 21.6 Å². The molecule has 0 bridgehead atoms. The molecule has 1 aromatic carbocycles. The van der Waals surface area contributed by atoms with Crippen LogP contribution < -0.4 is 5.73 Å². The van der Waals surface area contributed by atoms with Gasteiger partial charge in [-0.1, -0.05) is 25.5 Å².